The molecule has 5 heteroatoms. The molecule has 27 heavy (non-hydrogen) atoms. The molecule has 1 aromatic rings. The molecule has 0 radical (unpaired) electrons. The summed E-state index contributed by atoms with van der Waals surface area (Å²) < 4.78 is 25.4. The molecule has 1 N–H and O–H groups in total. The zero-order chi connectivity index (χ0) is 18.6. The van der Waals surface area contributed by atoms with Gasteiger partial charge in [0.15, 0.2) is 9.84 Å². The van der Waals surface area contributed by atoms with Gasteiger partial charge in [0.1, 0.15) is 0 Å². The maximum atomic E-state index is 12.7. The van der Waals surface area contributed by atoms with E-state index in [9.17, 15) is 13.2 Å². The van der Waals surface area contributed by atoms with E-state index < -0.39 is 9.84 Å². The number of aryl methyl sites for hydroxylation is 2. The first kappa shape index (κ1) is 17.7. The zero-order valence-corrected chi connectivity index (χ0v) is 16.7. The van der Waals surface area contributed by atoms with Gasteiger partial charge in [0.2, 0.25) is 5.91 Å². The SMILES string of the molecule is O=C(CCS(=O)(=O)c1ccc2c(c1)CCC2)NC12CC3CC(CC(C3)C1)C2. The highest BCUT2D eigenvalue weighted by atomic mass is 32.2. The first-order chi connectivity index (χ1) is 12.9. The van der Waals surface area contributed by atoms with Gasteiger partial charge in [-0.1, -0.05) is 6.07 Å². The number of benzene rings is 1. The summed E-state index contributed by atoms with van der Waals surface area (Å²) in [5.41, 5.74) is 2.39. The molecule has 0 atom stereocenters. The summed E-state index contributed by atoms with van der Waals surface area (Å²) >= 11 is 0. The number of hydrogen-bond donors (Lipinski definition) is 1. The fourth-order valence-corrected chi connectivity index (χ4v) is 8.00. The van der Waals surface area contributed by atoms with Crippen LogP contribution in [0.1, 0.15) is 62.5 Å². The van der Waals surface area contributed by atoms with Crippen molar-refractivity contribution in [2.24, 2.45) is 17.8 Å². The molecule has 0 spiro atoms. The molecule has 0 saturated heterocycles. The predicted octanol–water partition coefficient (Wildman–Crippen LogP) is 3.42. The van der Waals surface area contributed by atoms with Crippen LogP contribution >= 0.6 is 0 Å². The number of carbonyl (C=O) groups is 1. The molecule has 146 valence electrons. The number of amides is 1. The number of sulfone groups is 1. The third-order valence-corrected chi connectivity index (χ3v) is 9.18. The second-order valence-electron chi connectivity index (χ2n) is 9.60. The van der Waals surface area contributed by atoms with Gasteiger partial charge in [0.05, 0.1) is 10.6 Å². The predicted molar refractivity (Wildman–Crippen MR) is 104 cm³/mol. The molecule has 4 bridgehead atoms. The summed E-state index contributed by atoms with van der Waals surface area (Å²) in [7, 11) is -3.40. The lowest BCUT2D eigenvalue weighted by molar-refractivity contribution is -0.126. The molecule has 0 heterocycles. The summed E-state index contributed by atoms with van der Waals surface area (Å²) in [5, 5.41) is 3.29. The van der Waals surface area contributed by atoms with Crippen LogP contribution in [0, 0.1) is 17.8 Å². The highest BCUT2D eigenvalue weighted by Crippen LogP contribution is 2.55. The van der Waals surface area contributed by atoms with Crippen LogP contribution in [0.2, 0.25) is 0 Å². The Hall–Kier alpha value is -1.36. The van der Waals surface area contributed by atoms with Crippen molar-refractivity contribution in [3.05, 3.63) is 29.3 Å². The van der Waals surface area contributed by atoms with Crippen LogP contribution in [0.3, 0.4) is 0 Å². The van der Waals surface area contributed by atoms with Crippen LogP contribution in [0.5, 0.6) is 0 Å². The van der Waals surface area contributed by atoms with Gasteiger partial charge in [0, 0.05) is 12.0 Å². The van der Waals surface area contributed by atoms with E-state index in [2.05, 4.69) is 5.32 Å². The highest BCUT2D eigenvalue weighted by Gasteiger charge is 2.51. The van der Waals surface area contributed by atoms with Crippen molar-refractivity contribution >= 4 is 15.7 Å². The molecule has 4 fully saturated rings. The molecule has 5 aliphatic carbocycles. The third kappa shape index (κ3) is 3.32. The average Bonchev–Trinajstić information content (AvgIpc) is 3.06. The Morgan fingerprint density at radius 2 is 1.63 bits per heavy atom. The Morgan fingerprint density at radius 1 is 1.00 bits per heavy atom. The van der Waals surface area contributed by atoms with E-state index in [0.717, 1.165) is 61.8 Å². The number of rotatable bonds is 5. The fraction of sp³-hybridized carbons (Fsp3) is 0.682. The second kappa shape index (κ2) is 6.33. The average molecular weight is 388 g/mol. The van der Waals surface area contributed by atoms with Gasteiger partial charge in [-0.15, -0.1) is 0 Å². The number of fused-ring (bicyclic) bond motifs is 1. The van der Waals surface area contributed by atoms with E-state index in [-0.39, 0.29) is 23.6 Å². The molecule has 4 saturated carbocycles. The standard InChI is InChI=1S/C22H29NO3S/c24-21(23-22-12-15-8-16(13-22)10-17(9-15)14-22)6-7-27(25,26)20-5-4-18-2-1-3-19(18)11-20/h4-5,11,15-17H,1-3,6-10,12-14H2,(H,23,24). The second-order valence-corrected chi connectivity index (χ2v) is 11.7. The Bertz CT molecular complexity index is 838. The first-order valence-electron chi connectivity index (χ1n) is 10.6. The van der Waals surface area contributed by atoms with Gasteiger partial charge in [-0.25, -0.2) is 8.42 Å². The number of nitrogens with one attached hydrogen (secondary N) is 1. The minimum Gasteiger partial charge on any atom is -0.351 e. The van der Waals surface area contributed by atoms with Crippen LogP contribution < -0.4 is 5.32 Å². The van der Waals surface area contributed by atoms with Crippen molar-refractivity contribution in [1.82, 2.24) is 5.32 Å². The molecule has 6 rings (SSSR count). The summed E-state index contributed by atoms with van der Waals surface area (Å²) in [5.74, 6) is 2.14. The van der Waals surface area contributed by atoms with E-state index in [0.29, 0.717) is 4.90 Å². The summed E-state index contributed by atoms with van der Waals surface area (Å²) in [6.07, 6.45) is 10.5. The maximum absolute atomic E-state index is 12.7. The minimum absolute atomic E-state index is 0.0385. The third-order valence-electron chi connectivity index (χ3n) is 7.47. The van der Waals surface area contributed by atoms with E-state index in [1.165, 1.54) is 24.8 Å². The number of carbonyl (C=O) groups excluding carboxylic acids is 1. The van der Waals surface area contributed by atoms with Gasteiger partial charge in [-0.05, 0) is 98.8 Å². The van der Waals surface area contributed by atoms with Crippen molar-refractivity contribution < 1.29 is 13.2 Å². The molecule has 4 nitrogen and oxygen atoms in total. The van der Waals surface area contributed by atoms with Crippen molar-refractivity contribution in [3.8, 4) is 0 Å². The van der Waals surface area contributed by atoms with Gasteiger partial charge in [-0.2, -0.15) is 0 Å². The molecule has 0 unspecified atom stereocenters. The van der Waals surface area contributed by atoms with Gasteiger partial charge in [0.25, 0.3) is 0 Å². The van der Waals surface area contributed by atoms with E-state index in [1.54, 1.807) is 6.07 Å². The molecule has 1 aromatic carbocycles. The Morgan fingerprint density at radius 3 is 2.30 bits per heavy atom. The lowest BCUT2D eigenvalue weighted by Gasteiger charge is -2.56. The highest BCUT2D eigenvalue weighted by molar-refractivity contribution is 7.91. The quantitative estimate of drug-likeness (QED) is 0.842. The summed E-state index contributed by atoms with van der Waals surface area (Å²) in [6, 6.07) is 5.50. The molecule has 0 aliphatic heterocycles. The monoisotopic (exact) mass is 387 g/mol. The Labute approximate surface area is 162 Å². The fourth-order valence-electron chi connectivity index (χ4n) is 6.71. The normalized spacial score (nSPS) is 33.9. The van der Waals surface area contributed by atoms with Crippen LogP contribution in [-0.2, 0) is 27.5 Å². The van der Waals surface area contributed by atoms with Crippen molar-refractivity contribution in [2.75, 3.05) is 5.75 Å². The van der Waals surface area contributed by atoms with Crippen molar-refractivity contribution in [1.29, 1.82) is 0 Å². The topological polar surface area (TPSA) is 63.2 Å². The van der Waals surface area contributed by atoms with Crippen LogP contribution in [0.25, 0.3) is 0 Å². The van der Waals surface area contributed by atoms with E-state index in [1.807, 2.05) is 12.1 Å². The zero-order valence-electron chi connectivity index (χ0n) is 15.9. The Kier molecular flexibility index (Phi) is 4.15. The van der Waals surface area contributed by atoms with Gasteiger partial charge in [-0.3, -0.25) is 4.79 Å². The summed E-state index contributed by atoms with van der Waals surface area (Å²) in [6.45, 7) is 0. The molecular formula is C22H29NO3S. The first-order valence-corrected chi connectivity index (χ1v) is 12.2. The molecule has 1 amide bonds. The maximum Gasteiger partial charge on any atom is 0.221 e. The van der Waals surface area contributed by atoms with Crippen molar-refractivity contribution in [3.63, 3.8) is 0 Å². The Balaban J connectivity index is 1.23. The van der Waals surface area contributed by atoms with Gasteiger partial charge >= 0.3 is 0 Å². The van der Waals surface area contributed by atoms with Crippen LogP contribution in [0.15, 0.2) is 23.1 Å². The van der Waals surface area contributed by atoms with E-state index >= 15 is 0 Å². The number of hydrogen-bond acceptors (Lipinski definition) is 3. The minimum atomic E-state index is -3.40. The van der Waals surface area contributed by atoms with Gasteiger partial charge < -0.3 is 5.32 Å². The molecular weight excluding hydrogens is 358 g/mol. The lowest BCUT2D eigenvalue weighted by atomic mass is 9.53. The van der Waals surface area contributed by atoms with Crippen molar-refractivity contribution in [2.45, 2.75) is 74.6 Å². The van der Waals surface area contributed by atoms with Crippen LogP contribution in [0.4, 0.5) is 0 Å². The largest absolute Gasteiger partial charge is 0.351 e. The van der Waals surface area contributed by atoms with Crippen LogP contribution in [-0.4, -0.2) is 25.6 Å². The smallest absolute Gasteiger partial charge is 0.221 e. The van der Waals surface area contributed by atoms with E-state index in [4.69, 9.17) is 0 Å². The summed E-state index contributed by atoms with van der Waals surface area (Å²) in [4.78, 5) is 13.0. The molecule has 5 aliphatic rings. The molecule has 0 aromatic heterocycles. The lowest BCUT2D eigenvalue weighted by Crippen LogP contribution is -2.59.